The summed E-state index contributed by atoms with van der Waals surface area (Å²) in [5.74, 6) is 0.768. The molecule has 35 heavy (non-hydrogen) atoms. The van der Waals surface area contributed by atoms with Gasteiger partial charge in [-0.2, -0.15) is 0 Å². The summed E-state index contributed by atoms with van der Waals surface area (Å²) in [6.07, 6.45) is 1.56. The molecule has 0 aliphatic heterocycles. The molecule has 0 radical (unpaired) electrons. The van der Waals surface area contributed by atoms with E-state index in [2.05, 4.69) is 15.6 Å². The van der Waals surface area contributed by atoms with Gasteiger partial charge in [0.2, 0.25) is 0 Å². The average Bonchev–Trinajstić information content (AvgIpc) is 3.33. The van der Waals surface area contributed by atoms with E-state index < -0.39 is 11.8 Å². The Kier molecular flexibility index (Phi) is 7.82. The lowest BCUT2D eigenvalue weighted by Gasteiger charge is -2.06. The number of halogens is 2. The summed E-state index contributed by atoms with van der Waals surface area (Å²) < 4.78 is 11.4. The first-order valence-electron chi connectivity index (χ1n) is 10.5. The lowest BCUT2D eigenvalue weighted by molar-refractivity contribution is -0.136. The summed E-state index contributed by atoms with van der Waals surface area (Å²) in [6.45, 7) is 0.0347. The molecule has 0 spiro atoms. The van der Waals surface area contributed by atoms with Crippen molar-refractivity contribution in [2.45, 2.75) is 6.54 Å². The van der Waals surface area contributed by atoms with E-state index in [1.165, 1.54) is 12.1 Å². The van der Waals surface area contributed by atoms with Crippen LogP contribution in [0.3, 0.4) is 0 Å². The van der Waals surface area contributed by atoms with Gasteiger partial charge in [-0.3, -0.25) is 14.6 Å². The lowest BCUT2D eigenvalue weighted by Crippen LogP contribution is -2.34. The van der Waals surface area contributed by atoms with Crippen LogP contribution in [0.5, 0.6) is 11.5 Å². The second-order valence-corrected chi connectivity index (χ2v) is 8.05. The van der Waals surface area contributed by atoms with Crippen molar-refractivity contribution in [2.75, 3.05) is 5.32 Å². The normalized spacial score (nSPS) is 10.8. The number of benzene rings is 3. The molecule has 2 amide bonds. The smallest absolute Gasteiger partial charge is 0.313 e. The molecule has 0 saturated heterocycles. The summed E-state index contributed by atoms with van der Waals surface area (Å²) in [4.78, 5) is 28.5. The van der Waals surface area contributed by atoms with Crippen LogP contribution in [0.4, 0.5) is 11.4 Å². The summed E-state index contributed by atoms with van der Waals surface area (Å²) in [7, 11) is 0. The van der Waals surface area contributed by atoms with Crippen molar-refractivity contribution in [3.63, 3.8) is 0 Å². The third kappa shape index (κ3) is 6.96. The lowest BCUT2D eigenvalue weighted by atomic mass is 10.3. The fraction of sp³-hybridized carbons (Fsp3) is 0.0385. The summed E-state index contributed by atoms with van der Waals surface area (Å²) in [6, 6.07) is 24.7. The molecule has 0 bridgehead atoms. The van der Waals surface area contributed by atoms with Gasteiger partial charge in [0.1, 0.15) is 23.0 Å². The Morgan fingerprint density at radius 3 is 2.34 bits per heavy atom. The number of aliphatic imine (C=N–C) groups is 1. The highest BCUT2D eigenvalue weighted by Crippen LogP contribution is 2.25. The molecule has 0 saturated carbocycles. The van der Waals surface area contributed by atoms with Gasteiger partial charge < -0.3 is 19.8 Å². The first-order chi connectivity index (χ1) is 17.0. The Morgan fingerprint density at radius 2 is 1.60 bits per heavy atom. The molecule has 0 aliphatic rings. The van der Waals surface area contributed by atoms with Gasteiger partial charge in [0, 0.05) is 5.69 Å². The number of hydrogen-bond donors (Lipinski definition) is 2. The van der Waals surface area contributed by atoms with Crippen LogP contribution in [0.2, 0.25) is 10.0 Å². The maximum Gasteiger partial charge on any atom is 0.313 e. The molecule has 0 fully saturated rings. The van der Waals surface area contributed by atoms with Gasteiger partial charge in [-0.15, -0.1) is 0 Å². The topological polar surface area (TPSA) is 92.9 Å². The summed E-state index contributed by atoms with van der Waals surface area (Å²) in [5.41, 5.74) is 1.08. The molecule has 1 aromatic heterocycles. The van der Waals surface area contributed by atoms with E-state index in [0.717, 1.165) is 11.4 Å². The maximum absolute atomic E-state index is 12.1. The van der Waals surface area contributed by atoms with E-state index in [1.807, 2.05) is 54.6 Å². The third-order valence-electron chi connectivity index (χ3n) is 4.65. The molecule has 7 nitrogen and oxygen atoms in total. The number of ether oxygens (including phenoxy) is 1. The monoisotopic (exact) mass is 507 g/mol. The molecule has 176 valence electrons. The van der Waals surface area contributed by atoms with Crippen LogP contribution in [0.1, 0.15) is 11.5 Å². The Morgan fingerprint density at radius 1 is 0.857 bits per heavy atom. The Labute approximate surface area is 211 Å². The number of hydrogen-bond acceptors (Lipinski definition) is 5. The SMILES string of the molecule is O=C(NCc1ccc(C=Nc2ccc(Oc3ccccc3)cc2)o1)C(=O)Nc1ccc(Cl)c(Cl)c1. The number of para-hydroxylation sites is 1. The number of carbonyl (C=O) groups is 2. The number of carbonyl (C=O) groups excluding carboxylic acids is 2. The van der Waals surface area contributed by atoms with Crippen molar-refractivity contribution >= 4 is 52.6 Å². The van der Waals surface area contributed by atoms with Gasteiger partial charge in [-0.05, 0) is 66.7 Å². The number of furan rings is 1. The maximum atomic E-state index is 12.1. The number of nitrogens with zero attached hydrogens (tertiary/aromatic N) is 1. The average molecular weight is 508 g/mol. The van der Waals surface area contributed by atoms with Gasteiger partial charge in [0.15, 0.2) is 0 Å². The highest BCUT2D eigenvalue weighted by atomic mass is 35.5. The van der Waals surface area contributed by atoms with E-state index in [1.54, 1.807) is 24.4 Å². The van der Waals surface area contributed by atoms with E-state index in [9.17, 15) is 9.59 Å². The van der Waals surface area contributed by atoms with Crippen LogP contribution >= 0.6 is 23.2 Å². The molecular formula is C26H19Cl2N3O4. The quantitative estimate of drug-likeness (QED) is 0.224. The van der Waals surface area contributed by atoms with Crippen LogP contribution in [0.25, 0.3) is 0 Å². The van der Waals surface area contributed by atoms with Crippen LogP contribution < -0.4 is 15.4 Å². The number of rotatable bonds is 7. The molecule has 0 atom stereocenters. The highest BCUT2D eigenvalue weighted by Gasteiger charge is 2.14. The molecule has 1 heterocycles. The number of amides is 2. The zero-order chi connectivity index (χ0) is 24.6. The standard InChI is InChI=1S/C26H19Cl2N3O4/c27-23-13-8-18(14-24(23)28)31-26(33)25(32)30-16-22-12-11-21(35-22)15-29-17-6-9-20(10-7-17)34-19-4-2-1-3-5-19/h1-15H,16H2,(H,30,32)(H,31,33). The second kappa shape index (κ2) is 11.4. The number of nitrogens with one attached hydrogen (secondary N) is 2. The van der Waals surface area contributed by atoms with Crippen LogP contribution in [0, 0.1) is 0 Å². The van der Waals surface area contributed by atoms with Crippen molar-refractivity contribution in [2.24, 2.45) is 4.99 Å². The first kappa shape index (κ1) is 24.1. The van der Waals surface area contributed by atoms with E-state index >= 15 is 0 Å². The molecule has 0 unspecified atom stereocenters. The van der Waals surface area contributed by atoms with Gasteiger partial charge in [-0.25, -0.2) is 0 Å². The zero-order valence-corrected chi connectivity index (χ0v) is 19.7. The Bertz CT molecular complexity index is 1350. The molecule has 4 rings (SSSR count). The minimum absolute atomic E-state index is 0.0347. The van der Waals surface area contributed by atoms with Crippen molar-refractivity contribution in [3.8, 4) is 11.5 Å². The fourth-order valence-corrected chi connectivity index (χ4v) is 3.23. The van der Waals surface area contributed by atoms with Gasteiger partial charge in [-0.1, -0.05) is 41.4 Å². The van der Waals surface area contributed by atoms with Gasteiger partial charge >= 0.3 is 11.8 Å². The van der Waals surface area contributed by atoms with E-state index in [0.29, 0.717) is 28.0 Å². The predicted molar refractivity (Wildman–Crippen MR) is 136 cm³/mol. The summed E-state index contributed by atoms with van der Waals surface area (Å²) >= 11 is 11.8. The Balaban J connectivity index is 1.26. The van der Waals surface area contributed by atoms with Crippen LogP contribution in [-0.2, 0) is 16.1 Å². The molecule has 9 heteroatoms. The molecular weight excluding hydrogens is 489 g/mol. The third-order valence-corrected chi connectivity index (χ3v) is 5.38. The van der Waals surface area contributed by atoms with Crippen molar-refractivity contribution in [3.05, 3.63) is 106 Å². The van der Waals surface area contributed by atoms with E-state index in [-0.39, 0.29) is 11.6 Å². The molecule has 0 aliphatic carbocycles. The Hall–Kier alpha value is -4.07. The molecule has 2 N–H and O–H groups in total. The van der Waals surface area contributed by atoms with Gasteiger partial charge in [0.25, 0.3) is 0 Å². The highest BCUT2D eigenvalue weighted by molar-refractivity contribution is 6.42. The molecule has 3 aromatic carbocycles. The first-order valence-corrected chi connectivity index (χ1v) is 11.2. The second-order valence-electron chi connectivity index (χ2n) is 7.24. The fourth-order valence-electron chi connectivity index (χ4n) is 2.93. The minimum Gasteiger partial charge on any atom is -0.458 e. The predicted octanol–water partition coefficient (Wildman–Crippen LogP) is 6.38. The zero-order valence-electron chi connectivity index (χ0n) is 18.2. The van der Waals surface area contributed by atoms with Crippen LogP contribution in [-0.4, -0.2) is 18.0 Å². The number of anilines is 1. The van der Waals surface area contributed by atoms with Crippen LogP contribution in [0.15, 0.2) is 94.3 Å². The van der Waals surface area contributed by atoms with Crippen molar-refractivity contribution in [1.29, 1.82) is 0 Å². The van der Waals surface area contributed by atoms with Gasteiger partial charge in [0.05, 0.1) is 28.5 Å². The van der Waals surface area contributed by atoms with Crippen molar-refractivity contribution < 1.29 is 18.7 Å². The molecule has 4 aromatic rings. The minimum atomic E-state index is -0.837. The van der Waals surface area contributed by atoms with E-state index in [4.69, 9.17) is 32.4 Å². The largest absolute Gasteiger partial charge is 0.458 e. The summed E-state index contributed by atoms with van der Waals surface area (Å²) in [5, 5.41) is 5.57. The van der Waals surface area contributed by atoms with Crippen molar-refractivity contribution in [1.82, 2.24) is 5.32 Å².